The summed E-state index contributed by atoms with van der Waals surface area (Å²) < 4.78 is 30.0. The van der Waals surface area contributed by atoms with Crippen molar-refractivity contribution in [2.75, 3.05) is 10.6 Å². The monoisotopic (exact) mass is 452 g/mol. The Kier molecular flexibility index (Phi) is 5.59. The second kappa shape index (κ2) is 8.38. The average molecular weight is 452 g/mol. The highest BCUT2D eigenvalue weighted by Gasteiger charge is 2.21. The first-order chi connectivity index (χ1) is 15.6. The van der Waals surface area contributed by atoms with E-state index >= 15 is 0 Å². The van der Waals surface area contributed by atoms with E-state index in [4.69, 9.17) is 13.7 Å². The van der Waals surface area contributed by atoms with Gasteiger partial charge in [0, 0.05) is 5.69 Å². The van der Waals surface area contributed by atoms with Crippen LogP contribution in [0.5, 0.6) is 0 Å². The highest BCUT2D eigenvalue weighted by molar-refractivity contribution is 6.13. The van der Waals surface area contributed by atoms with E-state index in [-0.39, 0.29) is 22.7 Å². The lowest BCUT2D eigenvalue weighted by Gasteiger charge is -2.20. The Labute approximate surface area is 187 Å². The molecule has 0 spiro atoms. The van der Waals surface area contributed by atoms with E-state index < -0.39 is 23.4 Å². The second-order valence-corrected chi connectivity index (χ2v) is 8.26. The minimum atomic E-state index is -0.816. The van der Waals surface area contributed by atoms with Gasteiger partial charge in [-0.2, -0.15) is 0 Å². The number of carbonyl (C=O) groups excluding carboxylic acids is 2. The van der Waals surface area contributed by atoms with Crippen molar-refractivity contribution in [2.45, 2.75) is 33.3 Å². The molecule has 0 radical (unpaired) electrons. The van der Waals surface area contributed by atoms with Crippen molar-refractivity contribution in [1.82, 2.24) is 10.1 Å². The maximum Gasteiger partial charge on any atom is 0.412 e. The number of amides is 2. The number of aryl methyl sites for hydroxylation is 1. The third-order valence-corrected chi connectivity index (χ3v) is 4.50. The van der Waals surface area contributed by atoms with Crippen molar-refractivity contribution >= 4 is 34.5 Å². The maximum atomic E-state index is 14.2. The van der Waals surface area contributed by atoms with Gasteiger partial charge in [0.2, 0.25) is 0 Å². The molecule has 1 aromatic carbocycles. The largest absolute Gasteiger partial charge is 0.463 e. The molecule has 0 bridgehead atoms. The third-order valence-electron chi connectivity index (χ3n) is 4.50. The number of fused-ring (bicyclic) bond motifs is 1. The third kappa shape index (κ3) is 4.84. The predicted molar refractivity (Wildman–Crippen MR) is 118 cm³/mol. The number of halogens is 1. The number of nitrogens with one attached hydrogen (secondary N) is 2. The van der Waals surface area contributed by atoms with Gasteiger partial charge in [0.15, 0.2) is 5.76 Å². The molecule has 3 heterocycles. The Bertz CT molecular complexity index is 1340. The fourth-order valence-electron chi connectivity index (χ4n) is 3.14. The zero-order chi connectivity index (χ0) is 23.8. The Hall–Kier alpha value is -4.21. The van der Waals surface area contributed by atoms with E-state index in [0.29, 0.717) is 22.5 Å². The van der Waals surface area contributed by atoms with Crippen LogP contribution in [0.1, 0.15) is 36.8 Å². The quantitative estimate of drug-likeness (QED) is 0.418. The Balaban J connectivity index is 1.64. The first-order valence-corrected chi connectivity index (χ1v) is 10.0. The Morgan fingerprint density at radius 2 is 1.91 bits per heavy atom. The number of ether oxygens (including phenoxy) is 1. The molecule has 4 rings (SSSR count). The van der Waals surface area contributed by atoms with E-state index in [0.717, 1.165) is 6.07 Å². The van der Waals surface area contributed by atoms with Crippen molar-refractivity contribution < 1.29 is 27.7 Å². The van der Waals surface area contributed by atoms with Crippen LogP contribution in [0.15, 0.2) is 51.6 Å². The molecule has 0 saturated heterocycles. The van der Waals surface area contributed by atoms with Crippen molar-refractivity contribution in [1.29, 1.82) is 0 Å². The van der Waals surface area contributed by atoms with Crippen LogP contribution in [-0.2, 0) is 4.74 Å². The number of pyridine rings is 1. The minimum absolute atomic E-state index is 0.139. The SMILES string of the molecule is Cc1noc2nc(-c3ccco3)cc(C(=O)Nc3ccc(F)c(NC(=O)OC(C)(C)C)c3)c12. The van der Waals surface area contributed by atoms with Crippen LogP contribution < -0.4 is 10.6 Å². The number of aromatic nitrogens is 2. The molecule has 0 atom stereocenters. The van der Waals surface area contributed by atoms with Crippen molar-refractivity contribution in [3.63, 3.8) is 0 Å². The summed E-state index contributed by atoms with van der Waals surface area (Å²) in [6.07, 6.45) is 0.675. The van der Waals surface area contributed by atoms with E-state index in [1.54, 1.807) is 45.9 Å². The summed E-state index contributed by atoms with van der Waals surface area (Å²) in [6, 6.07) is 8.76. The van der Waals surface area contributed by atoms with Crippen LogP contribution in [0.2, 0.25) is 0 Å². The molecule has 170 valence electrons. The smallest absolute Gasteiger partial charge is 0.412 e. The molecule has 0 fully saturated rings. The second-order valence-electron chi connectivity index (χ2n) is 8.26. The lowest BCUT2D eigenvalue weighted by atomic mass is 10.1. The molecule has 9 nitrogen and oxygen atoms in total. The average Bonchev–Trinajstić information content (AvgIpc) is 3.39. The zero-order valence-corrected chi connectivity index (χ0v) is 18.4. The molecule has 2 N–H and O–H groups in total. The van der Waals surface area contributed by atoms with E-state index in [1.807, 2.05) is 0 Å². The van der Waals surface area contributed by atoms with Gasteiger partial charge in [-0.05, 0) is 64.1 Å². The molecular weight excluding hydrogens is 431 g/mol. The van der Waals surface area contributed by atoms with Crippen LogP contribution in [0.3, 0.4) is 0 Å². The summed E-state index contributed by atoms with van der Waals surface area (Å²) in [5.41, 5.74) is 0.668. The minimum Gasteiger partial charge on any atom is -0.463 e. The molecule has 10 heteroatoms. The number of benzene rings is 1. The highest BCUT2D eigenvalue weighted by atomic mass is 19.1. The van der Waals surface area contributed by atoms with Gasteiger partial charge in [-0.15, -0.1) is 0 Å². The summed E-state index contributed by atoms with van der Waals surface area (Å²) in [6.45, 7) is 6.77. The van der Waals surface area contributed by atoms with Gasteiger partial charge in [0.05, 0.1) is 28.6 Å². The summed E-state index contributed by atoms with van der Waals surface area (Å²) in [5.74, 6) is -0.734. The van der Waals surface area contributed by atoms with Gasteiger partial charge in [-0.1, -0.05) is 5.16 Å². The van der Waals surface area contributed by atoms with E-state index in [9.17, 15) is 14.0 Å². The molecular formula is C23H21FN4O5. The van der Waals surface area contributed by atoms with Gasteiger partial charge in [-0.3, -0.25) is 10.1 Å². The molecule has 0 saturated carbocycles. The first-order valence-electron chi connectivity index (χ1n) is 10.0. The Morgan fingerprint density at radius 3 is 2.61 bits per heavy atom. The number of hydrogen-bond donors (Lipinski definition) is 2. The summed E-state index contributed by atoms with van der Waals surface area (Å²) in [4.78, 5) is 29.5. The van der Waals surface area contributed by atoms with E-state index in [2.05, 4.69) is 20.8 Å². The Morgan fingerprint density at radius 1 is 1.12 bits per heavy atom. The molecule has 33 heavy (non-hydrogen) atoms. The van der Waals surface area contributed by atoms with Gasteiger partial charge >= 0.3 is 6.09 Å². The molecule has 0 aliphatic heterocycles. The standard InChI is InChI=1S/C23H21FN4O5/c1-12-19-14(11-17(18-6-5-9-31-18)26-21(19)33-28-12)20(29)25-13-7-8-15(24)16(10-13)27-22(30)32-23(2,3)4/h5-11H,1-4H3,(H,25,29)(H,27,30). The van der Waals surface area contributed by atoms with Crippen LogP contribution in [0.4, 0.5) is 20.6 Å². The molecule has 0 aliphatic rings. The van der Waals surface area contributed by atoms with Crippen molar-refractivity contribution in [3.05, 3.63) is 59.7 Å². The molecule has 2 amide bonds. The number of hydrogen-bond acceptors (Lipinski definition) is 7. The normalized spacial score (nSPS) is 11.4. The van der Waals surface area contributed by atoms with E-state index in [1.165, 1.54) is 18.4 Å². The zero-order valence-electron chi connectivity index (χ0n) is 18.4. The summed E-state index contributed by atoms with van der Waals surface area (Å²) in [7, 11) is 0. The molecule has 4 aromatic rings. The molecule has 3 aromatic heterocycles. The first kappa shape index (κ1) is 22.0. The van der Waals surface area contributed by atoms with Crippen LogP contribution in [0, 0.1) is 12.7 Å². The summed E-state index contributed by atoms with van der Waals surface area (Å²) >= 11 is 0. The van der Waals surface area contributed by atoms with Crippen LogP contribution in [-0.4, -0.2) is 27.7 Å². The number of furan rings is 1. The molecule has 0 unspecified atom stereocenters. The van der Waals surface area contributed by atoms with Crippen LogP contribution >= 0.6 is 0 Å². The number of nitrogens with zero attached hydrogens (tertiary/aromatic N) is 2. The predicted octanol–water partition coefficient (Wildman–Crippen LogP) is 5.53. The lowest BCUT2D eigenvalue weighted by molar-refractivity contribution is 0.0635. The summed E-state index contributed by atoms with van der Waals surface area (Å²) in [5, 5.41) is 9.39. The van der Waals surface area contributed by atoms with Gasteiger partial charge in [0.25, 0.3) is 11.6 Å². The van der Waals surface area contributed by atoms with Gasteiger partial charge in [0.1, 0.15) is 17.1 Å². The number of rotatable bonds is 4. The van der Waals surface area contributed by atoms with Crippen molar-refractivity contribution in [3.8, 4) is 11.5 Å². The lowest BCUT2D eigenvalue weighted by Crippen LogP contribution is -2.27. The fourth-order valence-corrected chi connectivity index (χ4v) is 3.14. The van der Waals surface area contributed by atoms with Crippen LogP contribution in [0.25, 0.3) is 22.6 Å². The fraction of sp³-hybridized carbons (Fsp3) is 0.217. The van der Waals surface area contributed by atoms with Gasteiger partial charge in [-0.25, -0.2) is 14.2 Å². The number of anilines is 2. The van der Waals surface area contributed by atoms with Gasteiger partial charge < -0.3 is 19.0 Å². The number of carbonyl (C=O) groups is 2. The maximum absolute atomic E-state index is 14.2. The highest BCUT2D eigenvalue weighted by Crippen LogP contribution is 2.28. The van der Waals surface area contributed by atoms with Crippen molar-refractivity contribution in [2.24, 2.45) is 0 Å². The topological polar surface area (TPSA) is 119 Å². The molecule has 0 aliphatic carbocycles.